The molecule has 7 heteroatoms. The third-order valence-electron chi connectivity index (χ3n) is 5.71. The molecule has 2 amide bonds. The number of nitrogens with zero attached hydrogens (tertiary/aromatic N) is 1. The third kappa shape index (κ3) is 8.60. The molecule has 0 heterocycles. The van der Waals surface area contributed by atoms with E-state index in [4.69, 9.17) is 23.2 Å². The molecule has 0 unspecified atom stereocenters. The molecule has 0 aromatic heterocycles. The van der Waals surface area contributed by atoms with E-state index < -0.39 is 6.04 Å². The Morgan fingerprint density at radius 1 is 0.886 bits per heavy atom. The molecule has 0 bridgehead atoms. The number of halogens is 2. The van der Waals surface area contributed by atoms with E-state index in [2.05, 4.69) is 5.32 Å². The molecule has 184 valence electrons. The molecule has 3 aromatic carbocycles. The van der Waals surface area contributed by atoms with Crippen LogP contribution in [0.4, 0.5) is 0 Å². The van der Waals surface area contributed by atoms with Crippen molar-refractivity contribution in [3.8, 4) is 0 Å². The van der Waals surface area contributed by atoms with Gasteiger partial charge < -0.3 is 10.2 Å². The van der Waals surface area contributed by atoms with Crippen LogP contribution < -0.4 is 5.32 Å². The Hall–Kier alpha value is -2.47. The van der Waals surface area contributed by atoms with E-state index in [1.807, 2.05) is 68.4 Å². The first-order valence-electron chi connectivity index (χ1n) is 11.6. The maximum Gasteiger partial charge on any atom is 0.243 e. The summed E-state index contributed by atoms with van der Waals surface area (Å²) in [5.74, 6) is -0.0564. The van der Waals surface area contributed by atoms with Crippen molar-refractivity contribution in [1.29, 1.82) is 0 Å². The quantitative estimate of drug-likeness (QED) is 0.283. The van der Waals surface area contributed by atoms with Crippen molar-refractivity contribution in [3.05, 3.63) is 100 Å². The fourth-order valence-corrected chi connectivity index (χ4v) is 4.58. The van der Waals surface area contributed by atoms with E-state index in [9.17, 15) is 9.59 Å². The maximum atomic E-state index is 13.6. The van der Waals surface area contributed by atoms with Crippen molar-refractivity contribution in [2.75, 3.05) is 5.75 Å². The molecule has 0 saturated heterocycles. The van der Waals surface area contributed by atoms with Gasteiger partial charge in [0.05, 0.1) is 5.75 Å². The Bertz CT molecular complexity index is 1090. The maximum absolute atomic E-state index is 13.6. The van der Waals surface area contributed by atoms with Crippen LogP contribution in [0.1, 0.15) is 31.4 Å². The summed E-state index contributed by atoms with van der Waals surface area (Å²) in [7, 11) is 0. The highest BCUT2D eigenvalue weighted by atomic mass is 35.5. The second-order valence-corrected chi connectivity index (χ2v) is 10.3. The number of hydrogen-bond donors (Lipinski definition) is 1. The van der Waals surface area contributed by atoms with Crippen LogP contribution in [-0.4, -0.2) is 34.6 Å². The number of amides is 2. The van der Waals surface area contributed by atoms with Crippen LogP contribution in [0.15, 0.2) is 83.8 Å². The fourth-order valence-electron chi connectivity index (χ4n) is 3.54. The first-order valence-corrected chi connectivity index (χ1v) is 13.4. The monoisotopic (exact) mass is 528 g/mol. The highest BCUT2D eigenvalue weighted by molar-refractivity contribution is 8.00. The van der Waals surface area contributed by atoms with Crippen LogP contribution in [0.3, 0.4) is 0 Å². The molecule has 0 aliphatic rings. The number of nitrogens with one attached hydrogen (secondary N) is 1. The minimum Gasteiger partial charge on any atom is -0.352 e. The van der Waals surface area contributed by atoms with Crippen LogP contribution >= 0.6 is 35.0 Å². The minimum atomic E-state index is -0.652. The molecule has 1 N–H and O–H groups in total. The van der Waals surface area contributed by atoms with Gasteiger partial charge in [0.25, 0.3) is 0 Å². The van der Waals surface area contributed by atoms with E-state index in [0.717, 1.165) is 22.4 Å². The summed E-state index contributed by atoms with van der Waals surface area (Å²) in [6.45, 7) is 4.30. The average Bonchev–Trinajstić information content (AvgIpc) is 2.87. The van der Waals surface area contributed by atoms with Crippen molar-refractivity contribution in [3.63, 3.8) is 0 Å². The molecular weight excluding hydrogens is 499 g/mol. The molecule has 3 rings (SSSR count). The molecule has 4 nitrogen and oxygen atoms in total. The number of hydrogen-bond acceptors (Lipinski definition) is 3. The zero-order chi connectivity index (χ0) is 25.2. The molecular formula is C28H30Cl2N2O2S. The van der Waals surface area contributed by atoms with Gasteiger partial charge in [0.2, 0.25) is 11.8 Å². The molecule has 0 fully saturated rings. The lowest BCUT2D eigenvalue weighted by atomic mass is 10.0. The van der Waals surface area contributed by atoms with Crippen LogP contribution in [-0.2, 0) is 22.6 Å². The standard InChI is InChI=1S/C28H30Cl2N2O2S/c1-3-20(2)31-28(34)26(17-21-7-5-4-6-8-21)32(18-22-9-11-23(29)12-10-22)27(33)19-35-25-15-13-24(30)14-16-25/h4-16,20,26H,3,17-19H2,1-2H3,(H,31,34)/t20-,26-/m0/s1. The molecule has 0 spiro atoms. The van der Waals surface area contributed by atoms with Crippen LogP contribution in [0.5, 0.6) is 0 Å². The lowest BCUT2D eigenvalue weighted by molar-refractivity contribution is -0.139. The number of carbonyl (C=O) groups excluding carboxylic acids is 2. The van der Waals surface area contributed by atoms with Crippen molar-refractivity contribution in [2.45, 2.75) is 50.2 Å². The summed E-state index contributed by atoms with van der Waals surface area (Å²) >= 11 is 13.5. The fraction of sp³-hybridized carbons (Fsp3) is 0.286. The Balaban J connectivity index is 1.89. The zero-order valence-electron chi connectivity index (χ0n) is 19.9. The van der Waals surface area contributed by atoms with Crippen molar-refractivity contribution in [2.24, 2.45) is 0 Å². The van der Waals surface area contributed by atoms with E-state index in [1.54, 1.807) is 29.2 Å². The second-order valence-electron chi connectivity index (χ2n) is 8.41. The van der Waals surface area contributed by atoms with Gasteiger partial charge in [-0.25, -0.2) is 0 Å². The SMILES string of the molecule is CC[C@H](C)NC(=O)[C@H](Cc1ccccc1)N(Cc1ccc(Cl)cc1)C(=O)CSc1ccc(Cl)cc1. The summed E-state index contributed by atoms with van der Waals surface area (Å²) in [6, 6.07) is 23.9. The molecule has 0 saturated carbocycles. The van der Waals surface area contributed by atoms with Gasteiger partial charge in [-0.3, -0.25) is 9.59 Å². The van der Waals surface area contributed by atoms with Gasteiger partial charge >= 0.3 is 0 Å². The Morgan fingerprint density at radius 2 is 1.49 bits per heavy atom. The lowest BCUT2D eigenvalue weighted by Gasteiger charge is -2.32. The molecule has 35 heavy (non-hydrogen) atoms. The molecule has 0 radical (unpaired) electrons. The van der Waals surface area contributed by atoms with Gasteiger partial charge in [-0.05, 0) is 60.9 Å². The number of rotatable bonds is 11. The topological polar surface area (TPSA) is 49.4 Å². The highest BCUT2D eigenvalue weighted by Gasteiger charge is 2.31. The van der Waals surface area contributed by atoms with E-state index in [1.165, 1.54) is 11.8 Å². The van der Waals surface area contributed by atoms with Gasteiger partial charge in [0.1, 0.15) is 6.04 Å². The highest BCUT2D eigenvalue weighted by Crippen LogP contribution is 2.23. The molecule has 2 atom stereocenters. The first-order chi connectivity index (χ1) is 16.9. The van der Waals surface area contributed by atoms with Crippen LogP contribution in [0.2, 0.25) is 10.0 Å². The Morgan fingerprint density at radius 3 is 2.09 bits per heavy atom. The summed E-state index contributed by atoms with van der Waals surface area (Å²) in [6.07, 6.45) is 1.23. The zero-order valence-corrected chi connectivity index (χ0v) is 22.2. The summed E-state index contributed by atoms with van der Waals surface area (Å²) in [5, 5.41) is 4.36. The predicted octanol–water partition coefficient (Wildman–Crippen LogP) is 6.64. The largest absolute Gasteiger partial charge is 0.352 e. The number of carbonyl (C=O) groups is 2. The summed E-state index contributed by atoms with van der Waals surface area (Å²) in [4.78, 5) is 29.7. The van der Waals surface area contributed by atoms with Gasteiger partial charge in [-0.15, -0.1) is 11.8 Å². The Kier molecular flexibility index (Phi) is 10.5. The average molecular weight is 530 g/mol. The normalized spacial score (nSPS) is 12.6. The third-order valence-corrected chi connectivity index (χ3v) is 7.21. The van der Waals surface area contributed by atoms with Crippen molar-refractivity contribution < 1.29 is 9.59 Å². The number of thioether (sulfide) groups is 1. The van der Waals surface area contributed by atoms with Gasteiger partial charge in [0.15, 0.2) is 0 Å². The molecule has 0 aliphatic heterocycles. The second kappa shape index (κ2) is 13.6. The van der Waals surface area contributed by atoms with Gasteiger partial charge in [-0.2, -0.15) is 0 Å². The smallest absolute Gasteiger partial charge is 0.243 e. The first kappa shape index (κ1) is 27.1. The Labute approximate surface area is 222 Å². The van der Waals surface area contributed by atoms with Crippen LogP contribution in [0.25, 0.3) is 0 Å². The number of benzene rings is 3. The van der Waals surface area contributed by atoms with E-state index in [0.29, 0.717) is 23.0 Å². The lowest BCUT2D eigenvalue weighted by Crippen LogP contribution is -2.52. The van der Waals surface area contributed by atoms with E-state index in [-0.39, 0.29) is 23.6 Å². The van der Waals surface area contributed by atoms with E-state index >= 15 is 0 Å². The van der Waals surface area contributed by atoms with Crippen LogP contribution in [0, 0.1) is 0 Å². The van der Waals surface area contributed by atoms with Gasteiger partial charge in [-0.1, -0.05) is 72.6 Å². The minimum absolute atomic E-state index is 0.0108. The summed E-state index contributed by atoms with van der Waals surface area (Å²) < 4.78 is 0. The van der Waals surface area contributed by atoms with Crippen molar-refractivity contribution >= 4 is 46.8 Å². The molecule has 0 aliphatic carbocycles. The predicted molar refractivity (Wildman–Crippen MR) is 146 cm³/mol. The summed E-state index contributed by atoms with van der Waals surface area (Å²) in [5.41, 5.74) is 1.91. The molecule has 3 aromatic rings. The van der Waals surface area contributed by atoms with Crippen molar-refractivity contribution in [1.82, 2.24) is 10.2 Å². The van der Waals surface area contributed by atoms with Gasteiger partial charge in [0, 0.05) is 33.9 Å².